The number of nitro benzene ring substituents is 1. The molecule has 1 fully saturated rings. The minimum atomic E-state index is -1.43. The number of carbonyl (C=O) groups is 4. The van der Waals surface area contributed by atoms with E-state index in [0.717, 1.165) is 20.8 Å². The van der Waals surface area contributed by atoms with E-state index in [1.165, 1.54) is 31.2 Å². The standard InChI is InChI=1S/C26H27NO12/c1-14(28)34-13-22-23(35-15(2)29)24(36-16(3)30)25(37-17(4)31)26(39-22)38-21-8-6-5-7-20(21)18-9-11-19(12-10-18)27(32)33/h5-12,22-26H,13H2,1-4H3/t22-,23-,24+,25-,26-/m1/s1. The van der Waals surface area contributed by atoms with Gasteiger partial charge in [-0.3, -0.25) is 29.3 Å². The maximum Gasteiger partial charge on any atom is 0.303 e. The first-order valence-corrected chi connectivity index (χ1v) is 11.8. The Bertz CT molecular complexity index is 1230. The van der Waals surface area contributed by atoms with E-state index in [0.29, 0.717) is 11.1 Å². The van der Waals surface area contributed by atoms with E-state index in [1.807, 2.05) is 0 Å². The first-order valence-electron chi connectivity index (χ1n) is 11.8. The second-order valence-corrected chi connectivity index (χ2v) is 8.49. The highest BCUT2D eigenvalue weighted by Crippen LogP contribution is 2.35. The predicted molar refractivity (Wildman–Crippen MR) is 131 cm³/mol. The molecule has 1 aliphatic heterocycles. The Morgan fingerprint density at radius 1 is 0.795 bits per heavy atom. The highest BCUT2D eigenvalue weighted by atomic mass is 16.7. The second-order valence-electron chi connectivity index (χ2n) is 8.49. The lowest BCUT2D eigenvalue weighted by Crippen LogP contribution is -2.63. The van der Waals surface area contributed by atoms with Gasteiger partial charge in [-0.25, -0.2) is 0 Å². The smallest absolute Gasteiger partial charge is 0.303 e. The summed E-state index contributed by atoms with van der Waals surface area (Å²) in [5.41, 5.74) is 0.985. The molecule has 0 amide bonds. The first kappa shape index (κ1) is 29.0. The van der Waals surface area contributed by atoms with Crippen LogP contribution in [-0.2, 0) is 42.9 Å². The normalized spacial score (nSPS) is 22.2. The third-order valence-electron chi connectivity index (χ3n) is 5.47. The molecule has 0 saturated carbocycles. The van der Waals surface area contributed by atoms with Gasteiger partial charge in [0, 0.05) is 45.4 Å². The monoisotopic (exact) mass is 545 g/mol. The zero-order valence-electron chi connectivity index (χ0n) is 21.6. The van der Waals surface area contributed by atoms with Crippen molar-refractivity contribution in [1.29, 1.82) is 0 Å². The summed E-state index contributed by atoms with van der Waals surface area (Å²) in [4.78, 5) is 58.0. The van der Waals surface area contributed by atoms with E-state index in [9.17, 15) is 29.3 Å². The molecule has 3 rings (SSSR count). The molecule has 0 radical (unpaired) electrons. The van der Waals surface area contributed by atoms with Crippen LogP contribution in [0.25, 0.3) is 11.1 Å². The molecular formula is C26H27NO12. The molecule has 39 heavy (non-hydrogen) atoms. The van der Waals surface area contributed by atoms with Crippen LogP contribution in [0.5, 0.6) is 5.75 Å². The van der Waals surface area contributed by atoms with Crippen molar-refractivity contribution in [2.45, 2.75) is 58.4 Å². The molecule has 2 aromatic carbocycles. The van der Waals surface area contributed by atoms with Crippen LogP contribution >= 0.6 is 0 Å². The van der Waals surface area contributed by atoms with Crippen LogP contribution in [0.15, 0.2) is 48.5 Å². The fourth-order valence-corrected chi connectivity index (χ4v) is 3.98. The lowest BCUT2D eigenvalue weighted by atomic mass is 9.98. The summed E-state index contributed by atoms with van der Waals surface area (Å²) in [6.45, 7) is 4.13. The van der Waals surface area contributed by atoms with Gasteiger partial charge in [0.05, 0.1) is 4.92 Å². The number of para-hydroxylation sites is 1. The third kappa shape index (κ3) is 7.74. The predicted octanol–water partition coefficient (Wildman–Crippen LogP) is 2.72. The van der Waals surface area contributed by atoms with Crippen LogP contribution in [0.2, 0.25) is 0 Å². The van der Waals surface area contributed by atoms with Crippen LogP contribution in [0, 0.1) is 10.1 Å². The largest absolute Gasteiger partial charge is 0.463 e. The third-order valence-corrected chi connectivity index (χ3v) is 5.47. The molecular weight excluding hydrogens is 518 g/mol. The average molecular weight is 545 g/mol. The molecule has 208 valence electrons. The molecule has 0 N–H and O–H groups in total. The van der Waals surface area contributed by atoms with Crippen molar-refractivity contribution in [3.63, 3.8) is 0 Å². The first-order chi connectivity index (χ1) is 18.5. The van der Waals surface area contributed by atoms with Crippen molar-refractivity contribution in [2.75, 3.05) is 6.61 Å². The number of carbonyl (C=O) groups excluding carboxylic acids is 4. The summed E-state index contributed by atoms with van der Waals surface area (Å²) >= 11 is 0. The number of esters is 4. The maximum absolute atomic E-state index is 12.0. The summed E-state index contributed by atoms with van der Waals surface area (Å²) in [6, 6.07) is 12.4. The number of hydrogen-bond acceptors (Lipinski definition) is 12. The quantitative estimate of drug-likeness (QED) is 0.196. The number of non-ortho nitro benzene ring substituents is 1. The fourth-order valence-electron chi connectivity index (χ4n) is 3.98. The Hall–Kier alpha value is -4.52. The fraction of sp³-hybridized carbons (Fsp3) is 0.385. The van der Waals surface area contributed by atoms with Gasteiger partial charge in [0.15, 0.2) is 12.2 Å². The Labute approximate surface area is 223 Å². The molecule has 0 spiro atoms. The SMILES string of the molecule is CC(=O)OC[C@H]1O[C@@H](Oc2ccccc2-c2ccc([N+](=O)[O-])cc2)[C@H](OC(C)=O)[C@@H](OC(C)=O)[C@@H]1OC(C)=O. The summed E-state index contributed by atoms with van der Waals surface area (Å²) in [5, 5.41) is 11.1. The van der Waals surface area contributed by atoms with E-state index in [2.05, 4.69) is 0 Å². The van der Waals surface area contributed by atoms with Crippen molar-refractivity contribution >= 4 is 29.6 Å². The Kier molecular flexibility index (Phi) is 9.55. The summed E-state index contributed by atoms with van der Waals surface area (Å²) in [5.74, 6) is -2.71. The summed E-state index contributed by atoms with van der Waals surface area (Å²) in [6.07, 6.45) is -6.72. The van der Waals surface area contributed by atoms with Crippen LogP contribution < -0.4 is 4.74 Å². The molecule has 0 bridgehead atoms. The van der Waals surface area contributed by atoms with Crippen LogP contribution in [0.4, 0.5) is 5.69 Å². The van der Waals surface area contributed by atoms with Crippen molar-refractivity contribution in [3.05, 3.63) is 58.6 Å². The highest BCUT2D eigenvalue weighted by Gasteiger charge is 2.53. The van der Waals surface area contributed by atoms with Crippen LogP contribution in [0.3, 0.4) is 0 Å². The molecule has 13 heteroatoms. The van der Waals surface area contributed by atoms with Gasteiger partial charge < -0.3 is 28.4 Å². The Balaban J connectivity index is 2.04. The molecule has 13 nitrogen and oxygen atoms in total. The van der Waals surface area contributed by atoms with E-state index >= 15 is 0 Å². The number of hydrogen-bond donors (Lipinski definition) is 0. The number of benzene rings is 2. The maximum atomic E-state index is 12.0. The molecule has 0 aromatic heterocycles. The van der Waals surface area contributed by atoms with Crippen molar-refractivity contribution in [1.82, 2.24) is 0 Å². The van der Waals surface area contributed by atoms with Gasteiger partial charge in [-0.05, 0) is 23.8 Å². The van der Waals surface area contributed by atoms with Gasteiger partial charge in [0.2, 0.25) is 12.4 Å². The number of rotatable bonds is 9. The van der Waals surface area contributed by atoms with Gasteiger partial charge in [-0.1, -0.05) is 18.2 Å². The summed E-state index contributed by atoms with van der Waals surface area (Å²) < 4.78 is 33.4. The number of ether oxygens (including phenoxy) is 6. The molecule has 1 heterocycles. The van der Waals surface area contributed by atoms with Crippen LogP contribution in [0.1, 0.15) is 27.7 Å². The zero-order chi connectivity index (χ0) is 28.7. The Morgan fingerprint density at radius 3 is 1.92 bits per heavy atom. The molecule has 2 aromatic rings. The second kappa shape index (κ2) is 12.8. The Morgan fingerprint density at radius 2 is 1.36 bits per heavy atom. The van der Waals surface area contributed by atoms with Gasteiger partial charge >= 0.3 is 23.9 Å². The van der Waals surface area contributed by atoms with E-state index in [-0.39, 0.29) is 11.4 Å². The van der Waals surface area contributed by atoms with E-state index in [4.69, 9.17) is 28.4 Å². The lowest BCUT2D eigenvalue weighted by molar-refractivity contribution is -0.384. The number of nitro groups is 1. The summed E-state index contributed by atoms with van der Waals surface area (Å²) in [7, 11) is 0. The lowest BCUT2D eigenvalue weighted by Gasteiger charge is -2.44. The van der Waals surface area contributed by atoms with Gasteiger partial charge in [-0.15, -0.1) is 0 Å². The molecule has 5 atom stereocenters. The molecule has 0 aliphatic carbocycles. The minimum absolute atomic E-state index is 0.100. The molecule has 0 unspecified atom stereocenters. The molecule has 1 saturated heterocycles. The van der Waals surface area contributed by atoms with Crippen molar-refractivity contribution in [3.8, 4) is 16.9 Å². The van der Waals surface area contributed by atoms with Gasteiger partial charge in [0.1, 0.15) is 18.5 Å². The van der Waals surface area contributed by atoms with Crippen molar-refractivity contribution in [2.24, 2.45) is 0 Å². The average Bonchev–Trinajstić information content (AvgIpc) is 2.86. The van der Waals surface area contributed by atoms with Crippen LogP contribution in [-0.4, -0.2) is 66.1 Å². The number of nitrogens with zero attached hydrogens (tertiary/aromatic N) is 1. The van der Waals surface area contributed by atoms with E-state index in [1.54, 1.807) is 24.3 Å². The van der Waals surface area contributed by atoms with Gasteiger partial charge in [0.25, 0.3) is 5.69 Å². The van der Waals surface area contributed by atoms with E-state index < -0.39 is 66.1 Å². The molecule has 1 aliphatic rings. The highest BCUT2D eigenvalue weighted by molar-refractivity contribution is 5.71. The minimum Gasteiger partial charge on any atom is -0.463 e. The topological polar surface area (TPSA) is 167 Å². The van der Waals surface area contributed by atoms with Crippen molar-refractivity contribution < 1.29 is 52.5 Å². The zero-order valence-corrected chi connectivity index (χ0v) is 21.6. The van der Waals surface area contributed by atoms with Gasteiger partial charge in [-0.2, -0.15) is 0 Å².